The van der Waals surface area contributed by atoms with Gasteiger partial charge in [0.05, 0.1) is 10.5 Å². The van der Waals surface area contributed by atoms with Crippen molar-refractivity contribution < 1.29 is 31.5 Å². The molecule has 0 aliphatic rings. The maximum atomic E-state index is 13.4. The van der Waals surface area contributed by atoms with Crippen LogP contribution in [0.15, 0.2) is 71.9 Å². The summed E-state index contributed by atoms with van der Waals surface area (Å²) < 4.78 is 68.4. The predicted octanol–water partition coefficient (Wildman–Crippen LogP) is 4.96. The molecule has 3 rings (SSSR count). The number of rotatable bonds is 8. The highest BCUT2D eigenvalue weighted by atomic mass is 32.2. The highest BCUT2D eigenvalue weighted by Gasteiger charge is 2.37. The monoisotopic (exact) mass is 478 g/mol. The number of nitrogens with one attached hydrogen (secondary N) is 1. The molecule has 3 aromatic rings. The van der Waals surface area contributed by atoms with Gasteiger partial charge in [0.25, 0.3) is 0 Å². The van der Waals surface area contributed by atoms with E-state index in [9.17, 15) is 26.4 Å². The fraction of sp³-hybridized carbons (Fsp3) is 0.217. The van der Waals surface area contributed by atoms with Gasteiger partial charge in [0.2, 0.25) is 10.0 Å². The Balaban J connectivity index is 2.03. The second-order valence-electron chi connectivity index (χ2n) is 7.42. The molecule has 0 saturated heterocycles. The zero-order valence-electron chi connectivity index (χ0n) is 17.5. The summed E-state index contributed by atoms with van der Waals surface area (Å²) >= 11 is 0. The number of pyridine rings is 1. The fourth-order valence-corrected chi connectivity index (χ4v) is 4.95. The number of carbonyl (C=O) groups is 1. The Labute approximate surface area is 189 Å². The number of carboxylic acid groups (broad SMARTS) is 1. The van der Waals surface area contributed by atoms with E-state index in [2.05, 4.69) is 9.71 Å². The fourth-order valence-electron chi connectivity index (χ4n) is 3.47. The van der Waals surface area contributed by atoms with Gasteiger partial charge < -0.3 is 5.11 Å². The highest BCUT2D eigenvalue weighted by molar-refractivity contribution is 7.89. The van der Waals surface area contributed by atoms with Crippen LogP contribution in [0.1, 0.15) is 35.6 Å². The van der Waals surface area contributed by atoms with E-state index in [4.69, 9.17) is 5.11 Å². The van der Waals surface area contributed by atoms with Gasteiger partial charge in [-0.25, -0.2) is 13.1 Å². The summed E-state index contributed by atoms with van der Waals surface area (Å²) in [5, 5.41) is 9.11. The van der Waals surface area contributed by atoms with Crippen molar-refractivity contribution >= 4 is 16.0 Å². The van der Waals surface area contributed by atoms with E-state index in [0.717, 1.165) is 28.8 Å². The summed E-state index contributed by atoms with van der Waals surface area (Å²) in [5.41, 5.74) is 1.59. The van der Waals surface area contributed by atoms with Gasteiger partial charge in [-0.2, -0.15) is 13.2 Å². The number of aromatic nitrogens is 1. The molecular weight excluding hydrogens is 457 g/mol. The third kappa shape index (κ3) is 5.96. The quantitative estimate of drug-likeness (QED) is 0.477. The van der Waals surface area contributed by atoms with E-state index >= 15 is 0 Å². The first-order valence-electron chi connectivity index (χ1n) is 9.90. The SMILES string of the molecule is Cc1cnccc1-c1cccc(C(CCC(=O)O)NS(=O)(=O)c2ccccc2C(F)(F)F)c1. The maximum Gasteiger partial charge on any atom is 0.417 e. The van der Waals surface area contributed by atoms with Gasteiger partial charge in [-0.1, -0.05) is 30.3 Å². The topological polar surface area (TPSA) is 96.4 Å². The molecule has 0 bridgehead atoms. The molecule has 0 spiro atoms. The van der Waals surface area contributed by atoms with Crippen molar-refractivity contribution in [3.05, 3.63) is 83.7 Å². The third-order valence-corrected chi connectivity index (χ3v) is 6.58. The van der Waals surface area contributed by atoms with Gasteiger partial charge in [0.15, 0.2) is 0 Å². The normalized spacial score (nSPS) is 13.0. The Kier molecular flexibility index (Phi) is 7.19. The number of aryl methyl sites for hydroxylation is 1. The lowest BCUT2D eigenvalue weighted by Gasteiger charge is -2.21. The molecule has 0 aliphatic heterocycles. The van der Waals surface area contributed by atoms with Crippen molar-refractivity contribution in [1.82, 2.24) is 9.71 Å². The molecular formula is C23H21F3N2O4S. The number of benzene rings is 2. The van der Waals surface area contributed by atoms with Crippen LogP contribution in [0.3, 0.4) is 0 Å². The minimum absolute atomic E-state index is 0.151. The van der Waals surface area contributed by atoms with Crippen LogP contribution in [-0.2, 0) is 21.0 Å². The number of nitrogens with zero attached hydrogens (tertiary/aromatic N) is 1. The Morgan fingerprint density at radius 1 is 1.12 bits per heavy atom. The first-order valence-corrected chi connectivity index (χ1v) is 11.4. The first kappa shape index (κ1) is 24.4. The number of hydrogen-bond acceptors (Lipinski definition) is 4. The number of halogens is 3. The molecule has 10 heteroatoms. The zero-order chi connectivity index (χ0) is 24.2. The van der Waals surface area contributed by atoms with Crippen molar-refractivity contribution in [2.75, 3.05) is 0 Å². The van der Waals surface area contributed by atoms with Crippen LogP contribution in [-0.4, -0.2) is 24.5 Å². The Bertz CT molecular complexity index is 1260. The molecule has 6 nitrogen and oxygen atoms in total. The van der Waals surface area contributed by atoms with Crippen LogP contribution in [0.5, 0.6) is 0 Å². The largest absolute Gasteiger partial charge is 0.481 e. The van der Waals surface area contributed by atoms with Crippen molar-refractivity contribution in [3.8, 4) is 11.1 Å². The third-order valence-electron chi connectivity index (χ3n) is 5.05. The van der Waals surface area contributed by atoms with Crippen LogP contribution in [0, 0.1) is 6.92 Å². The molecule has 1 atom stereocenters. The van der Waals surface area contributed by atoms with Gasteiger partial charge in [-0.15, -0.1) is 0 Å². The molecule has 0 fully saturated rings. The molecule has 0 aliphatic carbocycles. The molecule has 2 N–H and O–H groups in total. The van der Waals surface area contributed by atoms with Crippen molar-refractivity contribution in [1.29, 1.82) is 0 Å². The molecule has 0 radical (unpaired) electrons. The van der Waals surface area contributed by atoms with Gasteiger partial charge in [0.1, 0.15) is 0 Å². The van der Waals surface area contributed by atoms with Crippen LogP contribution in [0.2, 0.25) is 0 Å². The van der Waals surface area contributed by atoms with Crippen LogP contribution < -0.4 is 4.72 Å². The van der Waals surface area contributed by atoms with Crippen LogP contribution >= 0.6 is 0 Å². The smallest absolute Gasteiger partial charge is 0.417 e. The second-order valence-corrected chi connectivity index (χ2v) is 9.10. The summed E-state index contributed by atoms with van der Waals surface area (Å²) in [6.07, 6.45) is -2.14. The lowest BCUT2D eigenvalue weighted by molar-refractivity contribution is -0.140. The summed E-state index contributed by atoms with van der Waals surface area (Å²) in [4.78, 5) is 14.3. The Morgan fingerprint density at radius 3 is 2.52 bits per heavy atom. The van der Waals surface area contributed by atoms with Crippen LogP contribution in [0.25, 0.3) is 11.1 Å². The average molecular weight is 478 g/mol. The summed E-state index contributed by atoms with van der Waals surface area (Å²) in [6.45, 7) is 1.85. The van der Waals surface area contributed by atoms with E-state index in [0.29, 0.717) is 11.6 Å². The van der Waals surface area contributed by atoms with E-state index in [1.807, 2.05) is 6.92 Å². The highest BCUT2D eigenvalue weighted by Crippen LogP contribution is 2.35. The number of hydrogen-bond donors (Lipinski definition) is 2. The van der Waals surface area contributed by atoms with Crippen LogP contribution in [0.4, 0.5) is 13.2 Å². The Morgan fingerprint density at radius 2 is 1.85 bits per heavy atom. The Hall–Kier alpha value is -3.24. The molecule has 174 valence electrons. The van der Waals surface area contributed by atoms with Gasteiger partial charge in [0, 0.05) is 24.9 Å². The first-order chi connectivity index (χ1) is 15.5. The number of carboxylic acids is 1. The second kappa shape index (κ2) is 9.72. The molecule has 1 unspecified atom stereocenters. The summed E-state index contributed by atoms with van der Waals surface area (Å²) in [5.74, 6) is -1.16. The summed E-state index contributed by atoms with van der Waals surface area (Å²) in [7, 11) is -4.63. The molecule has 2 aromatic carbocycles. The van der Waals surface area contributed by atoms with Crippen molar-refractivity contribution in [2.45, 2.75) is 36.9 Å². The number of alkyl halides is 3. The molecule has 1 heterocycles. The molecule has 0 amide bonds. The van der Waals surface area contributed by atoms with E-state index < -0.39 is 38.7 Å². The molecule has 0 saturated carbocycles. The average Bonchev–Trinajstić information content (AvgIpc) is 2.76. The minimum atomic E-state index is -4.87. The van der Waals surface area contributed by atoms with Gasteiger partial charge in [-0.05, 0) is 59.9 Å². The van der Waals surface area contributed by atoms with Crippen molar-refractivity contribution in [2.24, 2.45) is 0 Å². The molecule has 33 heavy (non-hydrogen) atoms. The van der Waals surface area contributed by atoms with Gasteiger partial charge in [-0.3, -0.25) is 9.78 Å². The van der Waals surface area contributed by atoms with E-state index in [1.165, 1.54) is 6.07 Å². The van der Waals surface area contributed by atoms with Gasteiger partial charge >= 0.3 is 12.1 Å². The van der Waals surface area contributed by atoms with Crippen molar-refractivity contribution in [3.63, 3.8) is 0 Å². The summed E-state index contributed by atoms with van der Waals surface area (Å²) in [6, 6.07) is 11.3. The predicted molar refractivity (Wildman–Crippen MR) is 116 cm³/mol. The lowest BCUT2D eigenvalue weighted by atomic mass is 9.96. The maximum absolute atomic E-state index is 13.4. The standard InChI is InChI=1S/C23H21F3N2O4S/c1-15-14-27-12-11-18(15)16-5-4-6-17(13-16)20(9-10-22(29)30)28-33(31,32)21-8-3-2-7-19(21)23(24,25)26/h2-8,11-14,20,28H,9-10H2,1H3,(H,29,30). The van der Waals surface area contributed by atoms with E-state index in [1.54, 1.807) is 42.7 Å². The number of aliphatic carboxylic acids is 1. The number of sulfonamides is 1. The lowest BCUT2D eigenvalue weighted by Crippen LogP contribution is -2.31. The molecule has 1 aromatic heterocycles. The van der Waals surface area contributed by atoms with E-state index in [-0.39, 0.29) is 12.8 Å². The zero-order valence-corrected chi connectivity index (χ0v) is 18.3. The minimum Gasteiger partial charge on any atom is -0.481 e.